The van der Waals surface area contributed by atoms with Gasteiger partial charge >= 0.3 is 0 Å². The van der Waals surface area contributed by atoms with Crippen LogP contribution in [-0.4, -0.2) is 27.0 Å². The molecule has 1 saturated heterocycles. The van der Waals surface area contributed by atoms with Gasteiger partial charge in [-0.05, 0) is 5.92 Å². The third-order valence-corrected chi connectivity index (χ3v) is 4.92. The zero-order valence-corrected chi connectivity index (χ0v) is 10.3. The van der Waals surface area contributed by atoms with Crippen LogP contribution in [0.4, 0.5) is 0 Å². The van der Waals surface area contributed by atoms with Crippen LogP contribution in [0.2, 0.25) is 0 Å². The minimum atomic E-state index is 0.210. The summed E-state index contributed by atoms with van der Waals surface area (Å²) in [4.78, 5) is 0. The number of fused-ring (bicyclic) bond motifs is 8. The molecule has 4 atom stereocenters. The van der Waals surface area contributed by atoms with E-state index in [0.717, 1.165) is 17.5 Å². The monoisotopic (exact) mass is 247 g/mol. The fourth-order valence-corrected chi connectivity index (χ4v) is 4.28. The third-order valence-electron chi connectivity index (χ3n) is 4.92. The van der Waals surface area contributed by atoms with Gasteiger partial charge in [0.05, 0.1) is 12.2 Å². The maximum absolute atomic E-state index is 10.3. The molecule has 4 unspecified atom stereocenters. The molecule has 3 aliphatic rings. The Bertz CT molecular complexity index is 508. The van der Waals surface area contributed by atoms with Crippen molar-refractivity contribution in [1.82, 2.24) is 4.57 Å². The van der Waals surface area contributed by atoms with Gasteiger partial charge in [0, 0.05) is 29.5 Å². The van der Waals surface area contributed by atoms with Gasteiger partial charge < -0.3 is 14.9 Å². The summed E-state index contributed by atoms with van der Waals surface area (Å²) in [6.45, 7) is 6.28. The van der Waals surface area contributed by atoms with E-state index in [1.807, 2.05) is 0 Å². The van der Waals surface area contributed by atoms with Gasteiger partial charge in [0.15, 0.2) is 11.8 Å². The maximum atomic E-state index is 10.3. The van der Waals surface area contributed by atoms with Gasteiger partial charge in [0.2, 0.25) is 0 Å². The molecule has 4 rings (SSSR count). The lowest BCUT2D eigenvalue weighted by Gasteiger charge is -2.18. The predicted molar refractivity (Wildman–Crippen MR) is 65.9 cm³/mol. The second-order valence-corrected chi connectivity index (χ2v) is 5.56. The SMILES string of the molecule is C=CCn1c(O)c2c(c1O)C1C(CC)C2C2OC21. The number of aromatic hydroxyl groups is 2. The van der Waals surface area contributed by atoms with Crippen molar-refractivity contribution in [2.45, 2.75) is 43.9 Å². The van der Waals surface area contributed by atoms with Crippen LogP contribution < -0.4 is 0 Å². The van der Waals surface area contributed by atoms with Crippen molar-refractivity contribution in [2.24, 2.45) is 5.92 Å². The zero-order chi connectivity index (χ0) is 12.6. The molecule has 2 heterocycles. The highest BCUT2D eigenvalue weighted by Crippen LogP contribution is 2.70. The Labute approximate surface area is 105 Å². The van der Waals surface area contributed by atoms with Gasteiger partial charge in [-0.3, -0.25) is 4.57 Å². The number of hydrogen-bond donors (Lipinski definition) is 2. The van der Waals surface area contributed by atoms with E-state index in [4.69, 9.17) is 4.74 Å². The van der Waals surface area contributed by atoms with Gasteiger partial charge in [0.1, 0.15) is 0 Å². The standard InChI is InChI=1S/C14H17NO3/c1-3-5-15-13(16)9-7-6(4-2)8(10(9)14(15)17)12-11(7)18-12/h3,6-8,11-12,16-17H,1,4-5H2,2H3. The quantitative estimate of drug-likeness (QED) is 0.635. The van der Waals surface area contributed by atoms with E-state index in [0.29, 0.717) is 12.5 Å². The highest BCUT2D eigenvalue weighted by molar-refractivity contribution is 5.59. The first kappa shape index (κ1) is 10.5. The summed E-state index contributed by atoms with van der Waals surface area (Å²) in [7, 11) is 0. The number of epoxide rings is 1. The Morgan fingerprint density at radius 3 is 2.22 bits per heavy atom. The van der Waals surface area contributed by atoms with E-state index in [2.05, 4.69) is 13.5 Å². The molecule has 2 fully saturated rings. The second-order valence-electron chi connectivity index (χ2n) is 5.56. The third kappa shape index (κ3) is 0.937. The number of ether oxygens (including phenoxy) is 1. The Morgan fingerprint density at radius 2 is 1.78 bits per heavy atom. The molecule has 0 aromatic carbocycles. The summed E-state index contributed by atoms with van der Waals surface area (Å²) in [5.41, 5.74) is 1.87. The van der Waals surface area contributed by atoms with E-state index in [9.17, 15) is 10.2 Å². The minimum absolute atomic E-state index is 0.210. The molecule has 2 N–H and O–H groups in total. The van der Waals surface area contributed by atoms with E-state index in [1.54, 1.807) is 10.6 Å². The molecule has 0 radical (unpaired) electrons. The lowest BCUT2D eigenvalue weighted by atomic mass is 9.91. The van der Waals surface area contributed by atoms with Gasteiger partial charge in [-0.2, -0.15) is 0 Å². The Balaban J connectivity index is 1.90. The van der Waals surface area contributed by atoms with Crippen LogP contribution in [-0.2, 0) is 11.3 Å². The molecule has 18 heavy (non-hydrogen) atoms. The van der Waals surface area contributed by atoms with E-state index >= 15 is 0 Å². The van der Waals surface area contributed by atoms with Crippen molar-refractivity contribution >= 4 is 0 Å². The van der Waals surface area contributed by atoms with Crippen LogP contribution in [0.3, 0.4) is 0 Å². The van der Waals surface area contributed by atoms with Crippen LogP contribution in [0.1, 0.15) is 36.3 Å². The molecule has 0 spiro atoms. The van der Waals surface area contributed by atoms with Crippen LogP contribution in [0.25, 0.3) is 0 Å². The first-order valence-corrected chi connectivity index (χ1v) is 6.61. The molecule has 2 aliphatic carbocycles. The van der Waals surface area contributed by atoms with Crippen molar-refractivity contribution in [3.63, 3.8) is 0 Å². The molecule has 4 heteroatoms. The van der Waals surface area contributed by atoms with Crippen LogP contribution in [0.15, 0.2) is 12.7 Å². The molecule has 0 amide bonds. The summed E-state index contributed by atoms with van der Waals surface area (Å²) in [6.07, 6.45) is 3.31. The first-order chi connectivity index (χ1) is 8.70. The topological polar surface area (TPSA) is 57.9 Å². The molecule has 1 aliphatic heterocycles. The van der Waals surface area contributed by atoms with Crippen molar-refractivity contribution in [2.75, 3.05) is 0 Å². The van der Waals surface area contributed by atoms with Crippen molar-refractivity contribution in [1.29, 1.82) is 0 Å². The summed E-state index contributed by atoms with van der Waals surface area (Å²) in [5.74, 6) is 1.49. The predicted octanol–water partition coefficient (Wildman–Crippen LogP) is 2.07. The Kier molecular flexibility index (Phi) is 1.82. The van der Waals surface area contributed by atoms with Gasteiger partial charge in [-0.1, -0.05) is 19.4 Å². The van der Waals surface area contributed by atoms with E-state index in [1.165, 1.54) is 0 Å². The molecule has 2 bridgehead atoms. The van der Waals surface area contributed by atoms with Crippen molar-refractivity contribution < 1.29 is 14.9 Å². The average molecular weight is 247 g/mol. The number of rotatable bonds is 3. The number of hydrogen-bond acceptors (Lipinski definition) is 3. The van der Waals surface area contributed by atoms with Crippen molar-refractivity contribution in [3.05, 3.63) is 23.8 Å². The maximum Gasteiger partial charge on any atom is 0.198 e. The number of allylic oxidation sites excluding steroid dienone is 1. The largest absolute Gasteiger partial charge is 0.494 e. The fourth-order valence-electron chi connectivity index (χ4n) is 4.28. The summed E-state index contributed by atoms with van der Waals surface area (Å²) in [5, 5.41) is 20.7. The number of aromatic nitrogens is 1. The molecule has 1 aromatic heterocycles. The molecule has 96 valence electrons. The summed E-state index contributed by atoms with van der Waals surface area (Å²) < 4.78 is 7.22. The van der Waals surface area contributed by atoms with E-state index < -0.39 is 0 Å². The van der Waals surface area contributed by atoms with Crippen LogP contribution >= 0.6 is 0 Å². The lowest BCUT2D eigenvalue weighted by molar-refractivity contribution is 0.230. The normalized spacial score (nSPS) is 38.6. The molecule has 1 saturated carbocycles. The average Bonchev–Trinajstić information content (AvgIpc) is 2.95. The summed E-state index contributed by atoms with van der Waals surface area (Å²) >= 11 is 0. The zero-order valence-electron chi connectivity index (χ0n) is 10.3. The first-order valence-electron chi connectivity index (χ1n) is 6.61. The highest BCUT2D eigenvalue weighted by atomic mass is 16.6. The van der Waals surface area contributed by atoms with Gasteiger partial charge in [0.25, 0.3) is 0 Å². The van der Waals surface area contributed by atoms with Gasteiger partial charge in [-0.25, -0.2) is 0 Å². The van der Waals surface area contributed by atoms with Crippen LogP contribution in [0.5, 0.6) is 11.8 Å². The van der Waals surface area contributed by atoms with Crippen LogP contribution in [0, 0.1) is 5.92 Å². The molecule has 4 nitrogen and oxygen atoms in total. The molecular weight excluding hydrogens is 230 g/mol. The molecular formula is C14H17NO3. The molecule has 1 aromatic rings. The lowest BCUT2D eigenvalue weighted by Crippen LogP contribution is -2.11. The van der Waals surface area contributed by atoms with E-state index in [-0.39, 0.29) is 35.8 Å². The van der Waals surface area contributed by atoms with Crippen molar-refractivity contribution in [3.8, 4) is 11.8 Å². The minimum Gasteiger partial charge on any atom is -0.494 e. The summed E-state index contributed by atoms with van der Waals surface area (Å²) in [6, 6.07) is 0. The fraction of sp³-hybridized carbons (Fsp3) is 0.571. The van der Waals surface area contributed by atoms with Gasteiger partial charge in [-0.15, -0.1) is 6.58 Å². The second kappa shape index (κ2) is 3.12. The number of nitrogens with zero attached hydrogens (tertiary/aromatic N) is 1. The Hall–Kier alpha value is -1.42. The highest BCUT2D eigenvalue weighted by Gasteiger charge is 2.69. The Morgan fingerprint density at radius 1 is 1.22 bits per heavy atom. The smallest absolute Gasteiger partial charge is 0.198 e.